The summed E-state index contributed by atoms with van der Waals surface area (Å²) >= 11 is 0. The molecule has 2 N–H and O–H groups in total. The van der Waals surface area contributed by atoms with Crippen LogP contribution in [0.25, 0.3) is 0 Å². The zero-order valence-corrected chi connectivity index (χ0v) is 14.6. The van der Waals surface area contributed by atoms with Crippen LogP contribution in [0.1, 0.15) is 48.0 Å². The number of methoxy groups -OCH3 is 1. The van der Waals surface area contributed by atoms with E-state index in [-0.39, 0.29) is 5.91 Å². The van der Waals surface area contributed by atoms with Gasteiger partial charge in [0, 0.05) is 25.0 Å². The summed E-state index contributed by atoms with van der Waals surface area (Å²) in [4.78, 5) is 16.6. The summed E-state index contributed by atoms with van der Waals surface area (Å²) in [7, 11) is 1.66. The van der Waals surface area contributed by atoms with Gasteiger partial charge in [0.1, 0.15) is 5.75 Å². The Bertz CT molecular complexity index is 694. The number of aromatic nitrogens is 1. The molecule has 3 rings (SSSR count). The molecule has 0 unspecified atom stereocenters. The molecule has 0 aliphatic heterocycles. The van der Waals surface area contributed by atoms with Crippen molar-refractivity contribution in [2.45, 2.75) is 44.7 Å². The third-order valence-corrected chi connectivity index (χ3v) is 4.60. The molecule has 0 saturated heterocycles. The van der Waals surface area contributed by atoms with Crippen molar-refractivity contribution in [3.63, 3.8) is 0 Å². The van der Waals surface area contributed by atoms with E-state index in [2.05, 4.69) is 15.6 Å². The van der Waals surface area contributed by atoms with Crippen LogP contribution in [0.5, 0.6) is 5.75 Å². The van der Waals surface area contributed by atoms with Gasteiger partial charge >= 0.3 is 0 Å². The quantitative estimate of drug-likeness (QED) is 0.841. The van der Waals surface area contributed by atoms with Gasteiger partial charge in [0.05, 0.1) is 18.4 Å². The highest BCUT2D eigenvalue weighted by Crippen LogP contribution is 2.18. The minimum atomic E-state index is -0.0347. The molecule has 2 aromatic rings. The number of nitrogens with one attached hydrogen (secondary N) is 2. The van der Waals surface area contributed by atoms with E-state index in [0.717, 1.165) is 29.8 Å². The van der Waals surface area contributed by atoms with Crippen LogP contribution in [0.15, 0.2) is 42.7 Å². The maximum absolute atomic E-state index is 12.4. The Morgan fingerprint density at radius 3 is 2.64 bits per heavy atom. The van der Waals surface area contributed by atoms with E-state index in [1.165, 1.54) is 19.3 Å². The molecule has 5 heteroatoms. The Kier molecular flexibility index (Phi) is 5.88. The number of nitrogens with zero attached hydrogens (tertiary/aromatic N) is 1. The minimum absolute atomic E-state index is 0.0347. The molecule has 1 fully saturated rings. The highest BCUT2D eigenvalue weighted by molar-refractivity contribution is 5.94. The maximum atomic E-state index is 12.4. The fourth-order valence-corrected chi connectivity index (χ4v) is 3.12. The molecule has 0 radical (unpaired) electrons. The molecule has 0 atom stereocenters. The summed E-state index contributed by atoms with van der Waals surface area (Å²) in [6, 6.07) is 10.1. The number of amides is 1. The summed E-state index contributed by atoms with van der Waals surface area (Å²) in [6.07, 6.45) is 9.19. The molecule has 132 valence electrons. The Hall–Kier alpha value is -2.56. The zero-order valence-electron chi connectivity index (χ0n) is 14.6. The Balaban J connectivity index is 1.57. The van der Waals surface area contributed by atoms with Crippen LogP contribution in [-0.4, -0.2) is 24.0 Å². The fraction of sp³-hybridized carbons (Fsp3) is 0.400. The molecular formula is C20H25N3O2. The Morgan fingerprint density at radius 2 is 1.92 bits per heavy atom. The van der Waals surface area contributed by atoms with Crippen LogP contribution in [0.3, 0.4) is 0 Å². The average molecular weight is 339 g/mol. The van der Waals surface area contributed by atoms with Gasteiger partial charge < -0.3 is 15.4 Å². The number of carbonyl (C=O) groups excluding carboxylic acids is 1. The lowest BCUT2D eigenvalue weighted by Crippen LogP contribution is -2.36. The van der Waals surface area contributed by atoms with E-state index in [1.54, 1.807) is 19.5 Å². The number of anilines is 1. The smallest absolute Gasteiger partial charge is 0.253 e. The maximum Gasteiger partial charge on any atom is 0.253 e. The minimum Gasteiger partial charge on any atom is -0.497 e. The first-order valence-corrected chi connectivity index (χ1v) is 8.87. The first-order chi connectivity index (χ1) is 12.2. The molecule has 1 aliphatic rings. The van der Waals surface area contributed by atoms with Crippen molar-refractivity contribution in [3.05, 3.63) is 53.9 Å². The van der Waals surface area contributed by atoms with Crippen LogP contribution in [0.2, 0.25) is 0 Å². The number of pyridine rings is 1. The molecule has 1 saturated carbocycles. The van der Waals surface area contributed by atoms with Gasteiger partial charge in [-0.25, -0.2) is 0 Å². The molecule has 1 aromatic heterocycles. The number of hydrogen-bond donors (Lipinski definition) is 2. The fourth-order valence-electron chi connectivity index (χ4n) is 3.12. The molecule has 25 heavy (non-hydrogen) atoms. The molecular weight excluding hydrogens is 314 g/mol. The average Bonchev–Trinajstić information content (AvgIpc) is 2.68. The molecule has 0 spiro atoms. The topological polar surface area (TPSA) is 63.2 Å². The second-order valence-electron chi connectivity index (χ2n) is 6.47. The van der Waals surface area contributed by atoms with Crippen molar-refractivity contribution in [2.24, 2.45) is 0 Å². The van der Waals surface area contributed by atoms with Crippen molar-refractivity contribution in [3.8, 4) is 5.75 Å². The lowest BCUT2D eigenvalue weighted by atomic mass is 9.95. The van der Waals surface area contributed by atoms with Crippen molar-refractivity contribution in [2.75, 3.05) is 12.4 Å². The Morgan fingerprint density at radius 1 is 1.16 bits per heavy atom. The van der Waals surface area contributed by atoms with Crippen molar-refractivity contribution in [1.82, 2.24) is 10.3 Å². The van der Waals surface area contributed by atoms with Crippen LogP contribution >= 0.6 is 0 Å². The lowest BCUT2D eigenvalue weighted by molar-refractivity contribution is 0.0927. The standard InChI is InChI=1S/C20H25N3O2/c1-25-19-9-7-15(8-10-19)12-22-18-11-16(13-21-14-18)20(24)23-17-5-3-2-4-6-17/h7-11,13-14,17,22H,2-6,12H2,1H3,(H,23,24). The largest absolute Gasteiger partial charge is 0.497 e. The van der Waals surface area contributed by atoms with Gasteiger partial charge in [-0.05, 0) is 36.6 Å². The van der Waals surface area contributed by atoms with Gasteiger partial charge in [-0.1, -0.05) is 31.4 Å². The summed E-state index contributed by atoms with van der Waals surface area (Å²) in [5.74, 6) is 0.805. The molecule has 0 bridgehead atoms. The number of benzene rings is 1. The highest BCUT2D eigenvalue weighted by atomic mass is 16.5. The third-order valence-electron chi connectivity index (χ3n) is 4.60. The van der Waals surface area contributed by atoms with Crippen molar-refractivity contribution >= 4 is 11.6 Å². The van der Waals surface area contributed by atoms with Gasteiger partial charge in [0.15, 0.2) is 0 Å². The second kappa shape index (κ2) is 8.51. The summed E-state index contributed by atoms with van der Waals surface area (Å²) in [5, 5.41) is 6.44. The van der Waals surface area contributed by atoms with Crippen molar-refractivity contribution < 1.29 is 9.53 Å². The summed E-state index contributed by atoms with van der Waals surface area (Å²) in [6.45, 7) is 0.666. The van der Waals surface area contributed by atoms with Crippen LogP contribution in [-0.2, 0) is 6.54 Å². The first kappa shape index (κ1) is 17.3. The monoisotopic (exact) mass is 339 g/mol. The predicted octanol–water partition coefficient (Wildman–Crippen LogP) is 3.76. The second-order valence-corrected chi connectivity index (χ2v) is 6.47. The van der Waals surface area contributed by atoms with Crippen molar-refractivity contribution in [1.29, 1.82) is 0 Å². The molecule has 1 amide bonds. The van der Waals surface area contributed by atoms with Gasteiger partial charge in [0.2, 0.25) is 0 Å². The lowest BCUT2D eigenvalue weighted by Gasteiger charge is -2.22. The molecule has 1 aromatic carbocycles. The SMILES string of the molecule is COc1ccc(CNc2cncc(C(=O)NC3CCCCC3)c2)cc1. The van der Waals surface area contributed by atoms with E-state index >= 15 is 0 Å². The van der Waals surface area contributed by atoms with Crippen LogP contribution in [0.4, 0.5) is 5.69 Å². The number of hydrogen-bond acceptors (Lipinski definition) is 4. The van der Waals surface area contributed by atoms with E-state index in [9.17, 15) is 4.79 Å². The highest BCUT2D eigenvalue weighted by Gasteiger charge is 2.17. The molecule has 5 nitrogen and oxygen atoms in total. The van der Waals surface area contributed by atoms with Crippen LogP contribution in [0, 0.1) is 0 Å². The van der Waals surface area contributed by atoms with Crippen LogP contribution < -0.4 is 15.4 Å². The predicted molar refractivity (Wildman–Crippen MR) is 98.9 cm³/mol. The number of ether oxygens (including phenoxy) is 1. The van der Waals surface area contributed by atoms with E-state index in [4.69, 9.17) is 4.74 Å². The van der Waals surface area contributed by atoms with Gasteiger partial charge in [0.25, 0.3) is 5.91 Å². The van der Waals surface area contributed by atoms with E-state index < -0.39 is 0 Å². The van der Waals surface area contributed by atoms with Gasteiger partial charge in [-0.15, -0.1) is 0 Å². The number of rotatable bonds is 6. The summed E-state index contributed by atoms with van der Waals surface area (Å²) in [5.41, 5.74) is 2.58. The molecule has 1 aliphatic carbocycles. The van der Waals surface area contributed by atoms with E-state index in [0.29, 0.717) is 18.2 Å². The zero-order chi connectivity index (χ0) is 17.5. The first-order valence-electron chi connectivity index (χ1n) is 8.87. The van der Waals surface area contributed by atoms with Gasteiger partial charge in [-0.3, -0.25) is 9.78 Å². The van der Waals surface area contributed by atoms with Gasteiger partial charge in [-0.2, -0.15) is 0 Å². The number of carbonyl (C=O) groups is 1. The summed E-state index contributed by atoms with van der Waals surface area (Å²) < 4.78 is 5.16. The normalized spacial score (nSPS) is 14.8. The Labute approximate surface area is 148 Å². The third kappa shape index (κ3) is 4.95. The van der Waals surface area contributed by atoms with E-state index in [1.807, 2.05) is 30.3 Å². The molecule has 1 heterocycles.